The Balaban J connectivity index is 1.90. The summed E-state index contributed by atoms with van der Waals surface area (Å²) >= 11 is 0. The van der Waals surface area contributed by atoms with Crippen LogP contribution < -0.4 is 5.32 Å². The normalized spacial score (nSPS) is 18.5. The molecule has 1 aliphatic heterocycles. The zero-order chi connectivity index (χ0) is 13.9. The van der Waals surface area contributed by atoms with Gasteiger partial charge in [-0.25, -0.2) is 4.98 Å². The van der Waals surface area contributed by atoms with Crippen LogP contribution in [0.2, 0.25) is 0 Å². The van der Waals surface area contributed by atoms with E-state index in [-0.39, 0.29) is 0 Å². The molecule has 1 aliphatic rings. The van der Waals surface area contributed by atoms with Crippen molar-refractivity contribution in [2.45, 2.75) is 32.0 Å². The van der Waals surface area contributed by atoms with Crippen LogP contribution in [0.15, 0.2) is 18.3 Å². The summed E-state index contributed by atoms with van der Waals surface area (Å²) in [5, 5.41) is 3.25. The molecule has 0 atom stereocenters. The van der Waals surface area contributed by atoms with Gasteiger partial charge in [0.15, 0.2) is 0 Å². The van der Waals surface area contributed by atoms with E-state index in [1.165, 1.54) is 12.3 Å². The van der Waals surface area contributed by atoms with Crippen LogP contribution in [0.3, 0.4) is 0 Å². The molecule has 1 N–H and O–H groups in total. The standard InChI is InChI=1S/C13H18F3N3/c1-2-19-7-5-10(6-8-19)18-11-3-4-12(17-9-11)13(14,15)16/h3-4,9-10,18H,2,5-8H2,1H3. The Morgan fingerprint density at radius 3 is 2.47 bits per heavy atom. The van der Waals surface area contributed by atoms with E-state index in [0.29, 0.717) is 11.7 Å². The van der Waals surface area contributed by atoms with Gasteiger partial charge >= 0.3 is 6.18 Å². The lowest BCUT2D eigenvalue weighted by molar-refractivity contribution is -0.141. The number of piperidine rings is 1. The lowest BCUT2D eigenvalue weighted by atomic mass is 10.0. The maximum absolute atomic E-state index is 12.4. The first-order chi connectivity index (χ1) is 8.99. The van der Waals surface area contributed by atoms with Crippen LogP contribution in [0, 0.1) is 0 Å². The fraction of sp³-hybridized carbons (Fsp3) is 0.615. The van der Waals surface area contributed by atoms with Crippen LogP contribution in [0.25, 0.3) is 0 Å². The first kappa shape index (κ1) is 14.1. The second kappa shape index (κ2) is 5.77. The smallest absolute Gasteiger partial charge is 0.381 e. The predicted octanol–water partition coefficient (Wildman–Crippen LogP) is 3.00. The summed E-state index contributed by atoms with van der Waals surface area (Å²) < 4.78 is 37.1. The predicted molar refractivity (Wildman–Crippen MR) is 68.0 cm³/mol. The molecule has 3 nitrogen and oxygen atoms in total. The van der Waals surface area contributed by atoms with Crippen molar-refractivity contribution in [1.82, 2.24) is 9.88 Å². The molecular weight excluding hydrogens is 255 g/mol. The number of rotatable bonds is 3. The molecule has 2 heterocycles. The third-order valence-electron chi connectivity index (χ3n) is 3.46. The summed E-state index contributed by atoms with van der Waals surface area (Å²) in [7, 11) is 0. The summed E-state index contributed by atoms with van der Waals surface area (Å²) in [4.78, 5) is 5.81. The second-order valence-corrected chi connectivity index (χ2v) is 4.78. The van der Waals surface area contributed by atoms with E-state index >= 15 is 0 Å². The molecule has 0 aromatic carbocycles. The minimum atomic E-state index is -4.37. The van der Waals surface area contributed by atoms with Gasteiger partial charge in [-0.15, -0.1) is 0 Å². The molecule has 6 heteroatoms. The molecule has 106 valence electrons. The molecule has 0 aliphatic carbocycles. The minimum absolute atomic E-state index is 0.321. The number of halogens is 3. The van der Waals surface area contributed by atoms with Crippen LogP contribution in [-0.4, -0.2) is 35.6 Å². The molecule has 0 spiro atoms. The number of aromatic nitrogens is 1. The van der Waals surface area contributed by atoms with Crippen molar-refractivity contribution < 1.29 is 13.2 Å². The topological polar surface area (TPSA) is 28.2 Å². The molecule has 0 saturated carbocycles. The highest BCUT2D eigenvalue weighted by Gasteiger charge is 2.32. The number of likely N-dealkylation sites (tertiary alicyclic amines) is 1. The monoisotopic (exact) mass is 273 g/mol. The molecule has 1 aromatic rings. The summed E-state index contributed by atoms with van der Waals surface area (Å²) in [5.74, 6) is 0. The summed E-state index contributed by atoms with van der Waals surface area (Å²) in [6.45, 7) is 5.24. The van der Waals surface area contributed by atoms with E-state index < -0.39 is 11.9 Å². The van der Waals surface area contributed by atoms with Gasteiger partial charge in [-0.3, -0.25) is 0 Å². The fourth-order valence-corrected chi connectivity index (χ4v) is 2.28. The number of nitrogens with one attached hydrogen (secondary N) is 1. The highest BCUT2D eigenvalue weighted by atomic mass is 19.4. The molecule has 0 radical (unpaired) electrons. The number of hydrogen-bond acceptors (Lipinski definition) is 3. The highest BCUT2D eigenvalue weighted by Crippen LogP contribution is 2.28. The van der Waals surface area contributed by atoms with E-state index in [9.17, 15) is 13.2 Å². The van der Waals surface area contributed by atoms with Gasteiger partial charge < -0.3 is 10.2 Å². The molecule has 1 fully saturated rings. The van der Waals surface area contributed by atoms with E-state index in [1.54, 1.807) is 0 Å². The number of anilines is 1. The number of hydrogen-bond donors (Lipinski definition) is 1. The van der Waals surface area contributed by atoms with Crippen LogP contribution in [0.1, 0.15) is 25.5 Å². The molecular formula is C13H18F3N3. The van der Waals surface area contributed by atoms with Gasteiger partial charge in [-0.05, 0) is 31.5 Å². The first-order valence-corrected chi connectivity index (χ1v) is 6.51. The van der Waals surface area contributed by atoms with Gasteiger partial charge in [-0.2, -0.15) is 13.2 Å². The molecule has 19 heavy (non-hydrogen) atoms. The van der Waals surface area contributed by atoms with Gasteiger partial charge in [0, 0.05) is 19.1 Å². The maximum Gasteiger partial charge on any atom is 0.433 e. The second-order valence-electron chi connectivity index (χ2n) is 4.78. The Labute approximate surface area is 110 Å². The fourth-order valence-electron chi connectivity index (χ4n) is 2.28. The van der Waals surface area contributed by atoms with E-state index in [2.05, 4.69) is 22.1 Å². The van der Waals surface area contributed by atoms with Gasteiger partial charge in [-0.1, -0.05) is 6.92 Å². The Morgan fingerprint density at radius 1 is 1.32 bits per heavy atom. The first-order valence-electron chi connectivity index (χ1n) is 6.51. The number of pyridine rings is 1. The quantitative estimate of drug-likeness (QED) is 0.917. The lowest BCUT2D eigenvalue weighted by Gasteiger charge is -2.31. The molecule has 0 amide bonds. The van der Waals surface area contributed by atoms with Crippen molar-refractivity contribution in [3.05, 3.63) is 24.0 Å². The van der Waals surface area contributed by atoms with Crippen molar-refractivity contribution in [3.8, 4) is 0 Å². The van der Waals surface area contributed by atoms with Crippen molar-refractivity contribution in [1.29, 1.82) is 0 Å². The molecule has 2 rings (SSSR count). The number of alkyl halides is 3. The zero-order valence-corrected chi connectivity index (χ0v) is 10.9. The summed E-state index contributed by atoms with van der Waals surface area (Å²) in [5.41, 5.74) is -0.193. The Bertz CT molecular complexity index is 395. The van der Waals surface area contributed by atoms with Crippen molar-refractivity contribution in [2.75, 3.05) is 25.0 Å². The van der Waals surface area contributed by atoms with Crippen molar-refractivity contribution >= 4 is 5.69 Å². The molecule has 0 bridgehead atoms. The summed E-state index contributed by atoms with van der Waals surface area (Å²) in [6.07, 6.45) is -1.09. The van der Waals surface area contributed by atoms with Gasteiger partial charge in [0.05, 0.1) is 11.9 Å². The average Bonchev–Trinajstić information content (AvgIpc) is 2.39. The van der Waals surface area contributed by atoms with Crippen LogP contribution >= 0.6 is 0 Å². The Hall–Kier alpha value is -1.30. The minimum Gasteiger partial charge on any atom is -0.381 e. The largest absolute Gasteiger partial charge is 0.433 e. The zero-order valence-electron chi connectivity index (χ0n) is 10.9. The number of nitrogens with zero attached hydrogens (tertiary/aromatic N) is 2. The average molecular weight is 273 g/mol. The molecule has 0 unspecified atom stereocenters. The van der Waals surface area contributed by atoms with Crippen LogP contribution in [0.5, 0.6) is 0 Å². The Kier molecular flexibility index (Phi) is 4.29. The van der Waals surface area contributed by atoms with Gasteiger partial charge in [0.2, 0.25) is 0 Å². The SMILES string of the molecule is CCN1CCC(Nc2ccc(C(F)(F)F)nc2)CC1. The van der Waals surface area contributed by atoms with Crippen molar-refractivity contribution in [2.24, 2.45) is 0 Å². The van der Waals surface area contributed by atoms with Gasteiger partial charge in [0.25, 0.3) is 0 Å². The third kappa shape index (κ3) is 3.83. The summed E-state index contributed by atoms with van der Waals surface area (Å²) in [6, 6.07) is 2.78. The Morgan fingerprint density at radius 2 is 2.00 bits per heavy atom. The molecule has 1 saturated heterocycles. The third-order valence-corrected chi connectivity index (χ3v) is 3.46. The molecule has 1 aromatic heterocycles. The van der Waals surface area contributed by atoms with Crippen LogP contribution in [-0.2, 0) is 6.18 Å². The maximum atomic E-state index is 12.4. The van der Waals surface area contributed by atoms with E-state index in [4.69, 9.17) is 0 Å². The van der Waals surface area contributed by atoms with E-state index in [1.807, 2.05) is 0 Å². The van der Waals surface area contributed by atoms with Gasteiger partial charge in [0.1, 0.15) is 5.69 Å². The van der Waals surface area contributed by atoms with Crippen LogP contribution in [0.4, 0.5) is 18.9 Å². The van der Waals surface area contributed by atoms with E-state index in [0.717, 1.165) is 38.5 Å². The van der Waals surface area contributed by atoms with Crippen molar-refractivity contribution in [3.63, 3.8) is 0 Å². The highest BCUT2D eigenvalue weighted by molar-refractivity contribution is 5.42. The lowest BCUT2D eigenvalue weighted by Crippen LogP contribution is -2.38.